The molecule has 1 aromatic heterocycles. The molecule has 0 aliphatic heterocycles. The topological polar surface area (TPSA) is 27.8 Å². The fourth-order valence-electron chi connectivity index (χ4n) is 3.46. The van der Waals surface area contributed by atoms with Crippen LogP contribution in [-0.4, -0.2) is 4.98 Å². The summed E-state index contributed by atoms with van der Waals surface area (Å²) in [6.07, 6.45) is 0. The first kappa shape index (κ1) is 13.2. The Labute approximate surface area is 139 Å². The molecule has 5 aromatic rings. The van der Waals surface area contributed by atoms with Crippen molar-refractivity contribution in [1.29, 1.82) is 0 Å². The molecular formula is C22H16N2. The number of rotatable bonds is 2. The zero-order chi connectivity index (χ0) is 15.9. The van der Waals surface area contributed by atoms with E-state index in [-0.39, 0.29) is 0 Å². The molecule has 0 amide bonds. The van der Waals surface area contributed by atoms with Gasteiger partial charge in [0.15, 0.2) is 0 Å². The first-order valence-corrected chi connectivity index (χ1v) is 8.14. The Hall–Kier alpha value is -3.26. The first-order chi connectivity index (χ1) is 11.9. The normalized spacial score (nSPS) is 11.3. The quantitative estimate of drug-likeness (QED) is 0.398. The Kier molecular flexibility index (Phi) is 2.83. The molecule has 0 atom stereocenters. The monoisotopic (exact) mass is 308 g/mol. The maximum Gasteiger partial charge on any atom is 0.0546 e. The average molecular weight is 308 g/mol. The molecule has 0 saturated heterocycles. The highest BCUT2D eigenvalue weighted by Gasteiger charge is 2.11. The van der Waals surface area contributed by atoms with Crippen LogP contribution in [0.2, 0.25) is 0 Å². The molecule has 0 spiro atoms. The van der Waals surface area contributed by atoms with Gasteiger partial charge in [0.2, 0.25) is 0 Å². The van der Waals surface area contributed by atoms with Crippen LogP contribution in [0.3, 0.4) is 0 Å². The number of hydrogen-bond acceptors (Lipinski definition) is 1. The number of H-pyrrole nitrogens is 1. The molecule has 4 aromatic carbocycles. The largest absolute Gasteiger partial charge is 0.355 e. The lowest BCUT2D eigenvalue weighted by Gasteiger charge is -2.11. The lowest BCUT2D eigenvalue weighted by molar-refractivity contribution is 1.55. The summed E-state index contributed by atoms with van der Waals surface area (Å²) in [6.45, 7) is 0. The fraction of sp³-hybridized carbons (Fsp3) is 0. The van der Waals surface area contributed by atoms with E-state index in [9.17, 15) is 0 Å². The maximum absolute atomic E-state index is 3.58. The van der Waals surface area contributed by atoms with Gasteiger partial charge in [-0.3, -0.25) is 0 Å². The molecule has 0 saturated carbocycles. The van der Waals surface area contributed by atoms with Crippen LogP contribution in [0.1, 0.15) is 0 Å². The van der Waals surface area contributed by atoms with Crippen LogP contribution < -0.4 is 5.32 Å². The van der Waals surface area contributed by atoms with Gasteiger partial charge < -0.3 is 10.3 Å². The summed E-state index contributed by atoms with van der Waals surface area (Å²) in [5.41, 5.74) is 4.61. The SMILES string of the molecule is c1ccc(Nc2cc3c4ccccc4[nH]c3c3ccccc23)cc1. The highest BCUT2D eigenvalue weighted by Crippen LogP contribution is 2.36. The summed E-state index contributed by atoms with van der Waals surface area (Å²) in [6, 6.07) is 29.6. The minimum absolute atomic E-state index is 1.10. The average Bonchev–Trinajstić information content (AvgIpc) is 3.02. The van der Waals surface area contributed by atoms with Crippen molar-refractivity contribution in [3.05, 3.63) is 84.9 Å². The molecule has 2 nitrogen and oxygen atoms in total. The van der Waals surface area contributed by atoms with Gasteiger partial charge in [-0.2, -0.15) is 0 Å². The number of benzene rings is 4. The van der Waals surface area contributed by atoms with E-state index in [4.69, 9.17) is 0 Å². The van der Waals surface area contributed by atoms with Gasteiger partial charge in [0.25, 0.3) is 0 Å². The second-order valence-electron chi connectivity index (χ2n) is 6.05. The Morgan fingerprint density at radius 1 is 0.583 bits per heavy atom. The molecule has 0 unspecified atom stereocenters. The zero-order valence-electron chi connectivity index (χ0n) is 13.1. The Bertz CT molecular complexity index is 1170. The summed E-state index contributed by atoms with van der Waals surface area (Å²) in [7, 11) is 0. The van der Waals surface area contributed by atoms with Gasteiger partial charge >= 0.3 is 0 Å². The molecule has 0 fully saturated rings. The molecule has 0 aliphatic carbocycles. The number of fused-ring (bicyclic) bond motifs is 5. The number of aromatic nitrogens is 1. The molecule has 0 radical (unpaired) electrons. The Morgan fingerprint density at radius 3 is 2.08 bits per heavy atom. The summed E-state index contributed by atoms with van der Waals surface area (Å²) in [4.78, 5) is 3.58. The number of anilines is 2. The van der Waals surface area contributed by atoms with Crippen LogP contribution in [0.25, 0.3) is 32.6 Å². The molecule has 5 rings (SSSR count). The van der Waals surface area contributed by atoms with Crippen LogP contribution in [0.4, 0.5) is 11.4 Å². The van der Waals surface area contributed by atoms with Gasteiger partial charge in [0, 0.05) is 38.4 Å². The van der Waals surface area contributed by atoms with Gasteiger partial charge in [-0.25, -0.2) is 0 Å². The van der Waals surface area contributed by atoms with E-state index in [1.165, 1.54) is 32.6 Å². The molecule has 24 heavy (non-hydrogen) atoms. The van der Waals surface area contributed by atoms with E-state index >= 15 is 0 Å². The molecule has 1 heterocycles. The van der Waals surface area contributed by atoms with Gasteiger partial charge in [-0.15, -0.1) is 0 Å². The van der Waals surface area contributed by atoms with Crippen molar-refractivity contribution >= 4 is 44.0 Å². The number of aromatic amines is 1. The van der Waals surface area contributed by atoms with E-state index < -0.39 is 0 Å². The Balaban J connectivity index is 1.86. The van der Waals surface area contributed by atoms with E-state index in [0.29, 0.717) is 0 Å². The summed E-state index contributed by atoms with van der Waals surface area (Å²) < 4.78 is 0. The molecule has 2 N–H and O–H groups in total. The van der Waals surface area contributed by atoms with Crippen molar-refractivity contribution < 1.29 is 0 Å². The van der Waals surface area contributed by atoms with E-state index in [0.717, 1.165) is 11.4 Å². The lowest BCUT2D eigenvalue weighted by atomic mass is 10.0. The summed E-state index contributed by atoms with van der Waals surface area (Å²) in [5, 5.41) is 8.55. The lowest BCUT2D eigenvalue weighted by Crippen LogP contribution is -1.91. The van der Waals surface area contributed by atoms with Crippen molar-refractivity contribution in [3.8, 4) is 0 Å². The Morgan fingerprint density at radius 2 is 1.25 bits per heavy atom. The molecule has 114 valence electrons. The second kappa shape index (κ2) is 5.14. The standard InChI is InChI=1S/C22H16N2/c1-2-8-15(9-3-1)23-21-14-19-17-11-6-7-13-20(17)24-22(19)18-12-5-4-10-16(18)21/h1-14,23-24H. The van der Waals surface area contributed by atoms with Crippen LogP contribution in [0.15, 0.2) is 84.9 Å². The smallest absolute Gasteiger partial charge is 0.0546 e. The fourth-order valence-corrected chi connectivity index (χ4v) is 3.46. The van der Waals surface area contributed by atoms with Gasteiger partial charge in [0.1, 0.15) is 0 Å². The molecule has 2 heteroatoms. The maximum atomic E-state index is 3.58. The third-order valence-corrected chi connectivity index (χ3v) is 4.57. The molecular weight excluding hydrogens is 292 g/mol. The van der Waals surface area contributed by atoms with Crippen molar-refractivity contribution in [2.75, 3.05) is 5.32 Å². The van der Waals surface area contributed by atoms with E-state index in [1.807, 2.05) is 6.07 Å². The minimum Gasteiger partial charge on any atom is -0.355 e. The summed E-state index contributed by atoms with van der Waals surface area (Å²) >= 11 is 0. The van der Waals surface area contributed by atoms with E-state index in [1.54, 1.807) is 0 Å². The summed E-state index contributed by atoms with van der Waals surface area (Å²) in [5.74, 6) is 0. The minimum atomic E-state index is 1.10. The van der Waals surface area contributed by atoms with Crippen molar-refractivity contribution in [1.82, 2.24) is 4.98 Å². The molecule has 0 aliphatic rings. The zero-order valence-corrected chi connectivity index (χ0v) is 13.1. The van der Waals surface area contributed by atoms with Crippen LogP contribution in [-0.2, 0) is 0 Å². The number of nitrogens with one attached hydrogen (secondary N) is 2. The third kappa shape index (κ3) is 1.97. The third-order valence-electron chi connectivity index (χ3n) is 4.57. The first-order valence-electron chi connectivity index (χ1n) is 8.14. The highest BCUT2D eigenvalue weighted by molar-refractivity contribution is 6.20. The van der Waals surface area contributed by atoms with Crippen molar-refractivity contribution in [2.24, 2.45) is 0 Å². The number of para-hydroxylation sites is 2. The van der Waals surface area contributed by atoms with Crippen molar-refractivity contribution in [2.45, 2.75) is 0 Å². The predicted octanol–water partition coefficient (Wildman–Crippen LogP) is 6.22. The van der Waals surface area contributed by atoms with Gasteiger partial charge in [0.05, 0.1) is 5.52 Å². The molecule has 0 bridgehead atoms. The number of hydrogen-bond donors (Lipinski definition) is 2. The van der Waals surface area contributed by atoms with E-state index in [2.05, 4.69) is 89.2 Å². The van der Waals surface area contributed by atoms with Crippen LogP contribution in [0.5, 0.6) is 0 Å². The van der Waals surface area contributed by atoms with Gasteiger partial charge in [-0.05, 0) is 24.3 Å². The predicted molar refractivity (Wildman–Crippen MR) is 103 cm³/mol. The van der Waals surface area contributed by atoms with Gasteiger partial charge in [-0.1, -0.05) is 60.7 Å². The van der Waals surface area contributed by atoms with Crippen LogP contribution in [0, 0.1) is 0 Å². The second-order valence-corrected chi connectivity index (χ2v) is 6.05. The van der Waals surface area contributed by atoms with Crippen molar-refractivity contribution in [3.63, 3.8) is 0 Å². The van der Waals surface area contributed by atoms with Crippen LogP contribution >= 0.6 is 0 Å². The highest BCUT2D eigenvalue weighted by atomic mass is 14.9.